The monoisotopic (exact) mass is 243 g/mol. The minimum Gasteiger partial charge on any atom is -0.767 e. The van der Waals surface area contributed by atoms with Crippen LogP contribution in [0.3, 0.4) is 0 Å². The molecular weight excluding hydrogens is 241 g/mol. The predicted octanol–water partition coefficient (Wildman–Crippen LogP) is -1.91. The van der Waals surface area contributed by atoms with E-state index in [2.05, 4.69) is 20.9 Å². The van der Waals surface area contributed by atoms with Crippen LogP contribution in [0.25, 0.3) is 0 Å². The quantitative estimate of drug-likeness (QED) is 0.427. The zero-order chi connectivity index (χ0) is 7.56. The Hall–Kier alpha value is 0.740. The number of pyridine rings is 1. The molecule has 1 atom stereocenters. The molecule has 0 N–H and O–H groups in total. The summed E-state index contributed by atoms with van der Waals surface area (Å²) in [7, 11) is 0. The van der Waals surface area contributed by atoms with E-state index in [9.17, 15) is 8.76 Å². The second-order valence-corrected chi connectivity index (χ2v) is 3.35. The van der Waals surface area contributed by atoms with Crippen molar-refractivity contribution in [3.8, 4) is 0 Å². The summed E-state index contributed by atoms with van der Waals surface area (Å²) in [6.07, 6.45) is 1.43. The van der Waals surface area contributed by atoms with Gasteiger partial charge in [-0.15, -0.1) is 0 Å². The fourth-order valence-electron chi connectivity index (χ4n) is 0.476. The molecule has 0 bridgehead atoms. The van der Waals surface area contributed by atoms with Crippen molar-refractivity contribution in [3.63, 3.8) is 0 Å². The summed E-state index contributed by atoms with van der Waals surface area (Å²) < 4.78 is 21.2. The molecule has 0 amide bonds. The number of aromatic nitrogens is 1. The molecule has 0 saturated heterocycles. The van der Waals surface area contributed by atoms with Gasteiger partial charge in [0.05, 0.1) is 0 Å². The molecule has 1 aromatic rings. The molecule has 54 valence electrons. The standard InChI is InChI=1S/C5H4BrNO2S.Na/c6-4-1-2-7-5(3-4)10(8)9;/h1-3H,(H,8,9);/q;+1/p-1. The molecule has 11 heavy (non-hydrogen) atoms. The van der Waals surface area contributed by atoms with Crippen LogP contribution in [0.5, 0.6) is 0 Å². The Bertz CT molecular complexity index is 270. The number of nitrogens with zero attached hydrogens (tertiary/aromatic N) is 1. The van der Waals surface area contributed by atoms with E-state index in [1.165, 1.54) is 12.3 Å². The number of rotatable bonds is 1. The largest absolute Gasteiger partial charge is 1.00 e. The molecule has 0 aliphatic carbocycles. The van der Waals surface area contributed by atoms with Crippen LogP contribution in [0.2, 0.25) is 0 Å². The van der Waals surface area contributed by atoms with Crippen molar-refractivity contribution in [2.45, 2.75) is 5.03 Å². The average Bonchev–Trinajstić information content (AvgIpc) is 1.88. The van der Waals surface area contributed by atoms with Gasteiger partial charge in [0.25, 0.3) is 0 Å². The summed E-state index contributed by atoms with van der Waals surface area (Å²) >= 11 is 0.887. The van der Waals surface area contributed by atoms with Crippen molar-refractivity contribution >= 4 is 27.0 Å². The Labute approximate surface area is 97.3 Å². The molecule has 1 aromatic heterocycles. The van der Waals surface area contributed by atoms with Crippen LogP contribution in [-0.2, 0) is 11.1 Å². The number of hydrogen-bond acceptors (Lipinski definition) is 3. The van der Waals surface area contributed by atoms with Gasteiger partial charge in [-0.05, 0) is 23.2 Å². The van der Waals surface area contributed by atoms with Gasteiger partial charge in [0.1, 0.15) is 5.03 Å². The third kappa shape index (κ3) is 3.78. The topological polar surface area (TPSA) is 53.0 Å². The first-order valence-electron chi connectivity index (χ1n) is 2.41. The van der Waals surface area contributed by atoms with Gasteiger partial charge >= 0.3 is 29.6 Å². The van der Waals surface area contributed by atoms with Crippen molar-refractivity contribution in [1.29, 1.82) is 0 Å². The second-order valence-electron chi connectivity index (χ2n) is 1.55. The molecule has 0 saturated carbocycles. The van der Waals surface area contributed by atoms with Crippen molar-refractivity contribution in [2.75, 3.05) is 0 Å². The van der Waals surface area contributed by atoms with Gasteiger partial charge in [0, 0.05) is 10.7 Å². The molecule has 6 heteroatoms. The third-order valence-electron chi connectivity index (χ3n) is 0.868. The molecule has 0 aliphatic rings. The van der Waals surface area contributed by atoms with Crippen molar-refractivity contribution < 1.29 is 38.3 Å². The summed E-state index contributed by atoms with van der Waals surface area (Å²) in [6, 6.07) is 3.10. The summed E-state index contributed by atoms with van der Waals surface area (Å²) in [5.74, 6) is 0. The van der Waals surface area contributed by atoms with Crippen LogP contribution in [0.15, 0.2) is 27.8 Å². The molecule has 0 radical (unpaired) electrons. The molecular formula is C5H3BrNNaO2S. The molecule has 3 nitrogen and oxygen atoms in total. The molecule has 1 heterocycles. The maximum atomic E-state index is 10.3. The molecule has 0 aliphatic heterocycles. The SMILES string of the molecule is O=S([O-])c1cc(Br)ccn1.[Na+]. The van der Waals surface area contributed by atoms with E-state index in [1.54, 1.807) is 6.07 Å². The summed E-state index contributed by atoms with van der Waals surface area (Å²) in [4.78, 5) is 3.60. The normalized spacial score (nSPS) is 11.8. The van der Waals surface area contributed by atoms with Gasteiger partial charge in [-0.3, -0.25) is 4.21 Å². The van der Waals surface area contributed by atoms with Crippen molar-refractivity contribution in [1.82, 2.24) is 4.98 Å². The van der Waals surface area contributed by atoms with E-state index in [-0.39, 0.29) is 34.6 Å². The fraction of sp³-hybridized carbons (Fsp3) is 0. The van der Waals surface area contributed by atoms with Gasteiger partial charge in [0.15, 0.2) is 0 Å². The van der Waals surface area contributed by atoms with Crippen LogP contribution in [0, 0.1) is 0 Å². The van der Waals surface area contributed by atoms with Crippen LogP contribution in [0.1, 0.15) is 0 Å². The van der Waals surface area contributed by atoms with E-state index in [4.69, 9.17) is 0 Å². The number of halogens is 1. The van der Waals surface area contributed by atoms with E-state index in [0.29, 0.717) is 4.47 Å². The zero-order valence-corrected chi connectivity index (χ0v) is 10.2. The Morgan fingerprint density at radius 2 is 2.27 bits per heavy atom. The van der Waals surface area contributed by atoms with Gasteiger partial charge in [0.2, 0.25) is 0 Å². The van der Waals surface area contributed by atoms with Crippen LogP contribution in [0.4, 0.5) is 0 Å². The molecule has 1 rings (SSSR count). The fourth-order valence-corrected chi connectivity index (χ4v) is 1.33. The Morgan fingerprint density at radius 1 is 1.64 bits per heavy atom. The zero-order valence-electron chi connectivity index (χ0n) is 5.78. The molecule has 0 fully saturated rings. The van der Waals surface area contributed by atoms with Crippen LogP contribution >= 0.6 is 15.9 Å². The first-order chi connectivity index (χ1) is 4.70. The Morgan fingerprint density at radius 3 is 2.64 bits per heavy atom. The maximum Gasteiger partial charge on any atom is 1.00 e. The van der Waals surface area contributed by atoms with E-state index >= 15 is 0 Å². The van der Waals surface area contributed by atoms with Crippen molar-refractivity contribution in [2.24, 2.45) is 0 Å². The van der Waals surface area contributed by atoms with E-state index < -0.39 is 11.1 Å². The first-order valence-corrected chi connectivity index (χ1v) is 4.28. The predicted molar refractivity (Wildman–Crippen MR) is 39.1 cm³/mol. The van der Waals surface area contributed by atoms with Crippen LogP contribution in [-0.4, -0.2) is 13.7 Å². The first kappa shape index (κ1) is 11.7. The van der Waals surface area contributed by atoms with Crippen molar-refractivity contribution in [3.05, 3.63) is 22.8 Å². The van der Waals surface area contributed by atoms with E-state index in [0.717, 1.165) is 0 Å². The van der Waals surface area contributed by atoms with Gasteiger partial charge < -0.3 is 4.55 Å². The Kier molecular flexibility index (Phi) is 5.76. The maximum absolute atomic E-state index is 10.3. The van der Waals surface area contributed by atoms with Gasteiger partial charge in [-0.25, -0.2) is 4.98 Å². The number of hydrogen-bond donors (Lipinski definition) is 0. The molecule has 1 unspecified atom stereocenters. The summed E-state index contributed by atoms with van der Waals surface area (Å²) in [5, 5.41) is 0.0503. The average molecular weight is 244 g/mol. The summed E-state index contributed by atoms with van der Waals surface area (Å²) in [6.45, 7) is 0. The van der Waals surface area contributed by atoms with E-state index in [1.807, 2.05) is 0 Å². The van der Waals surface area contributed by atoms with Gasteiger partial charge in [-0.1, -0.05) is 15.9 Å². The minimum absolute atomic E-state index is 0. The Balaban J connectivity index is 0.000001000. The molecule has 0 aromatic carbocycles. The smallest absolute Gasteiger partial charge is 0.767 e. The van der Waals surface area contributed by atoms with Gasteiger partial charge in [-0.2, -0.15) is 0 Å². The minimum atomic E-state index is -2.23. The third-order valence-corrected chi connectivity index (χ3v) is 1.93. The molecule has 0 spiro atoms. The van der Waals surface area contributed by atoms with Crippen LogP contribution < -0.4 is 29.6 Å². The second kappa shape index (κ2) is 5.40. The summed E-state index contributed by atoms with van der Waals surface area (Å²) in [5.41, 5.74) is 0.